The van der Waals surface area contributed by atoms with E-state index >= 15 is 0 Å². The molecule has 0 aromatic heterocycles. The average molecular weight is 131 g/mol. The first kappa shape index (κ1) is 8.23. The van der Waals surface area contributed by atoms with Crippen molar-refractivity contribution in [1.29, 1.82) is 5.41 Å². The number of hydrogen-bond acceptors (Lipinski definition) is 2. The molecule has 0 amide bonds. The van der Waals surface area contributed by atoms with Crippen LogP contribution in [-0.2, 0) is 4.84 Å². The van der Waals surface area contributed by atoms with Crippen LogP contribution in [-0.4, -0.2) is 24.7 Å². The molecule has 54 valence electrons. The summed E-state index contributed by atoms with van der Waals surface area (Å²) in [5, 5.41) is 8.27. The smallest absolute Gasteiger partial charge is 0.212 e. The Hall–Kier alpha value is -0.770. The second-order valence-electron chi connectivity index (χ2n) is 1.67. The van der Waals surface area contributed by atoms with Crippen molar-refractivity contribution in [1.82, 2.24) is 5.06 Å². The molecule has 0 rings (SSSR count). The Morgan fingerprint density at radius 1 is 1.78 bits per heavy atom. The minimum Gasteiger partial charge on any atom is -0.368 e. The maximum absolute atomic E-state index is 6.93. The lowest BCUT2D eigenvalue weighted by atomic mass is 10.5. The molecule has 3 N–H and O–H groups in total. The Balaban J connectivity index is 3.54. The van der Waals surface area contributed by atoms with E-state index in [9.17, 15) is 0 Å². The molecule has 0 spiro atoms. The van der Waals surface area contributed by atoms with Crippen molar-refractivity contribution >= 4 is 5.96 Å². The summed E-state index contributed by atoms with van der Waals surface area (Å²) in [6, 6.07) is 0. The zero-order valence-electron chi connectivity index (χ0n) is 5.85. The highest BCUT2D eigenvalue weighted by Gasteiger charge is 2.00. The van der Waals surface area contributed by atoms with E-state index in [0.717, 1.165) is 6.42 Å². The third-order valence-electron chi connectivity index (χ3n) is 0.916. The molecule has 0 fully saturated rings. The molecule has 0 radical (unpaired) electrons. The quantitative estimate of drug-likeness (QED) is 0.325. The summed E-state index contributed by atoms with van der Waals surface area (Å²) in [5.74, 6) is -0.0423. The fourth-order valence-corrected chi connectivity index (χ4v) is 0.513. The minimum absolute atomic E-state index is 0.0423. The molecule has 9 heavy (non-hydrogen) atoms. The predicted molar refractivity (Wildman–Crippen MR) is 35.9 cm³/mol. The van der Waals surface area contributed by atoms with Crippen LogP contribution in [0, 0.1) is 5.41 Å². The highest BCUT2D eigenvalue weighted by molar-refractivity contribution is 5.73. The van der Waals surface area contributed by atoms with Gasteiger partial charge in [0.15, 0.2) is 0 Å². The van der Waals surface area contributed by atoms with Gasteiger partial charge < -0.3 is 5.73 Å². The van der Waals surface area contributed by atoms with Crippen molar-refractivity contribution in [3.63, 3.8) is 0 Å². The molecule has 0 heterocycles. The van der Waals surface area contributed by atoms with Crippen LogP contribution in [0.15, 0.2) is 0 Å². The average Bonchev–Trinajstić information content (AvgIpc) is 1.82. The van der Waals surface area contributed by atoms with Crippen molar-refractivity contribution < 1.29 is 4.84 Å². The van der Waals surface area contributed by atoms with Gasteiger partial charge in [0.1, 0.15) is 0 Å². The van der Waals surface area contributed by atoms with Gasteiger partial charge >= 0.3 is 0 Å². The van der Waals surface area contributed by atoms with Crippen LogP contribution >= 0.6 is 0 Å². The van der Waals surface area contributed by atoms with E-state index in [2.05, 4.69) is 0 Å². The summed E-state index contributed by atoms with van der Waals surface area (Å²) in [6.07, 6.45) is 0.924. The van der Waals surface area contributed by atoms with Gasteiger partial charge in [0, 0.05) is 6.54 Å². The topological polar surface area (TPSA) is 62.3 Å². The molecule has 4 nitrogen and oxygen atoms in total. The first-order valence-corrected chi connectivity index (χ1v) is 2.88. The standard InChI is InChI=1S/C5H13N3O/c1-3-4-8(9-2)5(6)7/h3-4H2,1-2H3,(H3,6,7). The number of nitrogens with two attached hydrogens (primary N) is 1. The van der Waals surface area contributed by atoms with Gasteiger partial charge in [0.05, 0.1) is 7.11 Å². The fourth-order valence-electron chi connectivity index (χ4n) is 0.513. The van der Waals surface area contributed by atoms with Gasteiger partial charge in [-0.2, -0.15) is 0 Å². The van der Waals surface area contributed by atoms with Crippen LogP contribution < -0.4 is 5.73 Å². The Labute approximate surface area is 55.1 Å². The predicted octanol–water partition coefficient (Wildman–Crippen LogP) is 0.153. The summed E-state index contributed by atoms with van der Waals surface area (Å²) in [5.41, 5.74) is 5.12. The summed E-state index contributed by atoms with van der Waals surface area (Å²) in [6.45, 7) is 2.67. The SMILES string of the molecule is CCCN(OC)C(=N)N. The molecular formula is C5H13N3O. The van der Waals surface area contributed by atoms with E-state index in [0.29, 0.717) is 6.54 Å². The molecule has 0 unspecified atom stereocenters. The third-order valence-corrected chi connectivity index (χ3v) is 0.916. The molecule has 0 aliphatic heterocycles. The van der Waals surface area contributed by atoms with Crippen molar-refractivity contribution in [2.24, 2.45) is 5.73 Å². The van der Waals surface area contributed by atoms with Gasteiger partial charge in [-0.25, -0.2) is 5.06 Å². The highest BCUT2D eigenvalue weighted by Crippen LogP contribution is 1.87. The third kappa shape index (κ3) is 2.92. The maximum Gasteiger partial charge on any atom is 0.212 e. The van der Waals surface area contributed by atoms with Crippen LogP contribution in [0.4, 0.5) is 0 Å². The Bertz CT molecular complexity index is 94.2. The van der Waals surface area contributed by atoms with Crippen LogP contribution in [0.3, 0.4) is 0 Å². The van der Waals surface area contributed by atoms with Gasteiger partial charge in [-0.1, -0.05) is 6.92 Å². The number of guanidine groups is 1. The number of rotatable bonds is 3. The van der Waals surface area contributed by atoms with Gasteiger partial charge in [-0.3, -0.25) is 10.2 Å². The van der Waals surface area contributed by atoms with Crippen LogP contribution in [0.5, 0.6) is 0 Å². The fraction of sp³-hybridized carbons (Fsp3) is 0.800. The largest absolute Gasteiger partial charge is 0.368 e. The lowest BCUT2D eigenvalue weighted by Crippen LogP contribution is -2.35. The van der Waals surface area contributed by atoms with Gasteiger partial charge in [0.2, 0.25) is 5.96 Å². The molecule has 0 saturated heterocycles. The lowest BCUT2D eigenvalue weighted by Gasteiger charge is -2.17. The molecule has 0 aliphatic rings. The normalized spacial score (nSPS) is 9.11. The van der Waals surface area contributed by atoms with Crippen molar-refractivity contribution in [3.8, 4) is 0 Å². The second-order valence-corrected chi connectivity index (χ2v) is 1.67. The lowest BCUT2D eigenvalue weighted by molar-refractivity contribution is -0.0664. The Morgan fingerprint density at radius 2 is 2.33 bits per heavy atom. The van der Waals surface area contributed by atoms with Crippen molar-refractivity contribution in [3.05, 3.63) is 0 Å². The highest BCUT2D eigenvalue weighted by atomic mass is 16.7. The molecule has 0 aromatic carbocycles. The van der Waals surface area contributed by atoms with E-state index in [1.807, 2.05) is 6.92 Å². The van der Waals surface area contributed by atoms with Crippen LogP contribution in [0.25, 0.3) is 0 Å². The summed E-state index contributed by atoms with van der Waals surface area (Å²) in [7, 11) is 1.50. The van der Waals surface area contributed by atoms with Crippen molar-refractivity contribution in [2.45, 2.75) is 13.3 Å². The van der Waals surface area contributed by atoms with E-state index < -0.39 is 0 Å². The molecule has 0 saturated carbocycles. The summed E-state index contributed by atoms with van der Waals surface area (Å²) in [4.78, 5) is 4.74. The van der Waals surface area contributed by atoms with E-state index in [1.165, 1.54) is 12.2 Å². The number of nitrogens with zero attached hydrogens (tertiary/aromatic N) is 1. The monoisotopic (exact) mass is 131 g/mol. The Kier molecular flexibility index (Phi) is 3.79. The van der Waals surface area contributed by atoms with Gasteiger partial charge in [0.25, 0.3) is 0 Å². The van der Waals surface area contributed by atoms with Crippen LogP contribution in [0.1, 0.15) is 13.3 Å². The van der Waals surface area contributed by atoms with Crippen molar-refractivity contribution in [2.75, 3.05) is 13.7 Å². The molecule has 0 aliphatic carbocycles. The summed E-state index contributed by atoms with van der Waals surface area (Å²) >= 11 is 0. The second kappa shape index (κ2) is 4.14. The maximum atomic E-state index is 6.93. The van der Waals surface area contributed by atoms with E-state index in [4.69, 9.17) is 16.0 Å². The molecule has 4 heteroatoms. The zero-order chi connectivity index (χ0) is 7.28. The first-order valence-electron chi connectivity index (χ1n) is 2.88. The van der Waals surface area contributed by atoms with E-state index in [1.54, 1.807) is 0 Å². The molecule has 0 atom stereocenters. The number of hydrogen-bond donors (Lipinski definition) is 2. The number of nitrogens with one attached hydrogen (secondary N) is 1. The Morgan fingerprint density at radius 3 is 2.44 bits per heavy atom. The molecule has 0 aromatic rings. The summed E-state index contributed by atoms with van der Waals surface area (Å²) < 4.78 is 0. The number of hydroxylamine groups is 2. The minimum atomic E-state index is -0.0423. The van der Waals surface area contributed by atoms with Gasteiger partial charge in [-0.15, -0.1) is 0 Å². The molecule has 0 bridgehead atoms. The van der Waals surface area contributed by atoms with Gasteiger partial charge in [-0.05, 0) is 6.42 Å². The first-order chi connectivity index (χ1) is 4.22. The zero-order valence-corrected chi connectivity index (χ0v) is 5.85. The van der Waals surface area contributed by atoms with E-state index in [-0.39, 0.29) is 5.96 Å². The van der Waals surface area contributed by atoms with Crippen LogP contribution in [0.2, 0.25) is 0 Å². The molecular weight excluding hydrogens is 118 g/mol.